The molecule has 1 aromatic rings. The van der Waals surface area contributed by atoms with Gasteiger partial charge in [-0.2, -0.15) is 0 Å². The maximum Gasteiger partial charge on any atom is 0.325 e. The maximum absolute atomic E-state index is 12.1. The SMILES string of the molecule is CCOC(=O)CNC(=O)C(C)(C)Oc1ccccc1NO. The Bertz CT molecular complexity index is 502. The Labute approximate surface area is 123 Å². The van der Waals surface area contributed by atoms with E-state index in [9.17, 15) is 9.59 Å². The highest BCUT2D eigenvalue weighted by Gasteiger charge is 2.31. The number of rotatable bonds is 7. The van der Waals surface area contributed by atoms with Crippen LogP contribution in [0.3, 0.4) is 0 Å². The number of esters is 1. The molecule has 1 rings (SSSR count). The van der Waals surface area contributed by atoms with Crippen LogP contribution in [0.5, 0.6) is 5.75 Å². The number of nitrogens with one attached hydrogen (secondary N) is 2. The fourth-order valence-corrected chi connectivity index (χ4v) is 1.55. The van der Waals surface area contributed by atoms with Gasteiger partial charge in [-0.05, 0) is 32.9 Å². The number of benzene rings is 1. The van der Waals surface area contributed by atoms with Crippen LogP contribution in [0.25, 0.3) is 0 Å². The lowest BCUT2D eigenvalue weighted by atomic mass is 10.1. The summed E-state index contributed by atoms with van der Waals surface area (Å²) in [6.45, 7) is 4.83. The second-order valence-corrected chi connectivity index (χ2v) is 4.71. The number of carbonyl (C=O) groups excluding carboxylic acids is 2. The van der Waals surface area contributed by atoms with Crippen molar-refractivity contribution >= 4 is 17.6 Å². The molecule has 7 heteroatoms. The van der Waals surface area contributed by atoms with Crippen LogP contribution < -0.4 is 15.5 Å². The molecule has 0 radical (unpaired) electrons. The second-order valence-electron chi connectivity index (χ2n) is 4.71. The predicted molar refractivity (Wildman–Crippen MR) is 76.2 cm³/mol. The molecular formula is C14H20N2O5. The van der Waals surface area contributed by atoms with E-state index in [0.29, 0.717) is 11.4 Å². The van der Waals surface area contributed by atoms with E-state index in [2.05, 4.69) is 5.32 Å². The summed E-state index contributed by atoms with van der Waals surface area (Å²) in [6, 6.07) is 6.63. The Hall–Kier alpha value is -2.28. The smallest absolute Gasteiger partial charge is 0.325 e. The summed E-state index contributed by atoms with van der Waals surface area (Å²) < 4.78 is 10.3. The highest BCUT2D eigenvalue weighted by atomic mass is 16.5. The molecule has 3 N–H and O–H groups in total. The molecule has 0 spiro atoms. The molecule has 1 aromatic carbocycles. The number of hydrogen-bond acceptors (Lipinski definition) is 6. The third-order valence-electron chi connectivity index (χ3n) is 2.62. The van der Waals surface area contributed by atoms with Gasteiger partial charge >= 0.3 is 5.97 Å². The summed E-state index contributed by atoms with van der Waals surface area (Å²) in [5.74, 6) is -0.668. The molecule has 7 nitrogen and oxygen atoms in total. The molecule has 0 bridgehead atoms. The van der Waals surface area contributed by atoms with Gasteiger partial charge in [0.1, 0.15) is 18.0 Å². The Balaban J connectivity index is 2.67. The minimum atomic E-state index is -1.22. The first-order valence-corrected chi connectivity index (χ1v) is 6.52. The molecular weight excluding hydrogens is 276 g/mol. The van der Waals surface area contributed by atoms with Gasteiger partial charge in [-0.25, -0.2) is 0 Å². The van der Waals surface area contributed by atoms with Gasteiger partial charge in [-0.3, -0.25) is 20.3 Å². The van der Waals surface area contributed by atoms with Crippen LogP contribution in [0.1, 0.15) is 20.8 Å². The number of anilines is 1. The van der Waals surface area contributed by atoms with Gasteiger partial charge in [0.2, 0.25) is 0 Å². The Morgan fingerprint density at radius 3 is 2.57 bits per heavy atom. The van der Waals surface area contributed by atoms with Gasteiger partial charge in [0.15, 0.2) is 5.60 Å². The molecule has 21 heavy (non-hydrogen) atoms. The number of ether oxygens (including phenoxy) is 2. The zero-order valence-electron chi connectivity index (χ0n) is 12.3. The Morgan fingerprint density at radius 1 is 1.29 bits per heavy atom. The first kappa shape index (κ1) is 16.8. The number of carbonyl (C=O) groups is 2. The third kappa shape index (κ3) is 4.96. The minimum Gasteiger partial charge on any atom is -0.476 e. The summed E-state index contributed by atoms with van der Waals surface area (Å²) in [5.41, 5.74) is 1.11. The summed E-state index contributed by atoms with van der Waals surface area (Å²) in [7, 11) is 0. The van der Waals surface area contributed by atoms with E-state index in [1.54, 1.807) is 45.0 Å². The summed E-state index contributed by atoms with van der Waals surface area (Å²) in [6.07, 6.45) is 0. The fraction of sp³-hybridized carbons (Fsp3) is 0.429. The summed E-state index contributed by atoms with van der Waals surface area (Å²) >= 11 is 0. The highest BCUT2D eigenvalue weighted by Crippen LogP contribution is 2.27. The van der Waals surface area contributed by atoms with E-state index in [1.807, 2.05) is 5.48 Å². The van der Waals surface area contributed by atoms with Crippen LogP contribution >= 0.6 is 0 Å². The molecule has 0 atom stereocenters. The van der Waals surface area contributed by atoms with Crippen molar-refractivity contribution in [2.24, 2.45) is 0 Å². The Kier molecular flexibility index (Phi) is 5.98. The van der Waals surface area contributed by atoms with Gasteiger partial charge in [0, 0.05) is 0 Å². The van der Waals surface area contributed by atoms with Gasteiger partial charge in [-0.1, -0.05) is 12.1 Å². The standard InChI is InChI=1S/C14H20N2O5/c1-4-20-12(17)9-15-13(18)14(2,3)21-11-8-6-5-7-10(11)16-19/h5-8,16,19H,4,9H2,1-3H3,(H,15,18). The lowest BCUT2D eigenvalue weighted by Gasteiger charge is -2.26. The molecule has 116 valence electrons. The van der Waals surface area contributed by atoms with Crippen molar-refractivity contribution in [2.75, 3.05) is 18.6 Å². The average molecular weight is 296 g/mol. The fourth-order valence-electron chi connectivity index (χ4n) is 1.55. The van der Waals surface area contributed by atoms with Crippen molar-refractivity contribution in [1.82, 2.24) is 5.32 Å². The van der Waals surface area contributed by atoms with Crippen molar-refractivity contribution < 1.29 is 24.3 Å². The lowest BCUT2D eigenvalue weighted by molar-refractivity contribution is -0.145. The van der Waals surface area contributed by atoms with Crippen LogP contribution in [0.15, 0.2) is 24.3 Å². The molecule has 1 amide bonds. The van der Waals surface area contributed by atoms with Gasteiger partial charge in [0.05, 0.1) is 6.61 Å². The van der Waals surface area contributed by atoms with Crippen molar-refractivity contribution in [3.63, 3.8) is 0 Å². The van der Waals surface area contributed by atoms with Crippen LogP contribution in [0.2, 0.25) is 0 Å². The largest absolute Gasteiger partial charge is 0.476 e. The van der Waals surface area contributed by atoms with E-state index in [1.165, 1.54) is 0 Å². The molecule has 0 unspecified atom stereocenters. The summed E-state index contributed by atoms with van der Waals surface area (Å²) in [4.78, 5) is 23.3. The van der Waals surface area contributed by atoms with Gasteiger partial charge < -0.3 is 14.8 Å². The second kappa shape index (κ2) is 7.49. The number of para-hydroxylation sites is 2. The monoisotopic (exact) mass is 296 g/mol. The molecule has 0 aliphatic carbocycles. The average Bonchev–Trinajstić information content (AvgIpc) is 2.45. The van der Waals surface area contributed by atoms with E-state index in [0.717, 1.165) is 0 Å². The van der Waals surface area contributed by atoms with E-state index >= 15 is 0 Å². The topological polar surface area (TPSA) is 96.9 Å². The summed E-state index contributed by atoms with van der Waals surface area (Å²) in [5, 5.41) is 11.4. The maximum atomic E-state index is 12.1. The van der Waals surface area contributed by atoms with Crippen molar-refractivity contribution in [3.8, 4) is 5.75 Å². The molecule has 0 fully saturated rings. The van der Waals surface area contributed by atoms with Crippen LogP contribution in [0, 0.1) is 0 Å². The quantitative estimate of drug-likeness (QED) is 0.519. The molecule has 0 aliphatic heterocycles. The molecule has 0 saturated heterocycles. The van der Waals surface area contributed by atoms with Crippen LogP contribution in [0.4, 0.5) is 5.69 Å². The first-order chi connectivity index (χ1) is 9.90. The number of amides is 1. The minimum absolute atomic E-state index is 0.223. The van der Waals surface area contributed by atoms with Crippen LogP contribution in [-0.4, -0.2) is 35.8 Å². The molecule has 0 aliphatic rings. The number of hydrogen-bond donors (Lipinski definition) is 3. The third-order valence-corrected chi connectivity index (χ3v) is 2.62. The zero-order valence-corrected chi connectivity index (χ0v) is 12.3. The molecule has 0 aromatic heterocycles. The lowest BCUT2D eigenvalue weighted by Crippen LogP contribution is -2.48. The van der Waals surface area contributed by atoms with Crippen molar-refractivity contribution in [1.29, 1.82) is 0 Å². The first-order valence-electron chi connectivity index (χ1n) is 6.52. The molecule has 0 heterocycles. The normalized spacial score (nSPS) is 10.7. The predicted octanol–water partition coefficient (Wildman–Crippen LogP) is 1.32. The molecule has 0 saturated carbocycles. The van der Waals surface area contributed by atoms with Gasteiger partial charge in [0.25, 0.3) is 5.91 Å². The van der Waals surface area contributed by atoms with E-state index < -0.39 is 17.5 Å². The van der Waals surface area contributed by atoms with E-state index in [4.69, 9.17) is 14.7 Å². The van der Waals surface area contributed by atoms with Gasteiger partial charge in [-0.15, -0.1) is 0 Å². The zero-order chi connectivity index (χ0) is 15.9. The Morgan fingerprint density at radius 2 is 1.95 bits per heavy atom. The van der Waals surface area contributed by atoms with E-state index in [-0.39, 0.29) is 13.2 Å². The van der Waals surface area contributed by atoms with Crippen molar-refractivity contribution in [2.45, 2.75) is 26.4 Å². The highest BCUT2D eigenvalue weighted by molar-refractivity contribution is 5.88. The van der Waals surface area contributed by atoms with Crippen molar-refractivity contribution in [3.05, 3.63) is 24.3 Å². The van der Waals surface area contributed by atoms with Crippen LogP contribution in [-0.2, 0) is 14.3 Å².